The summed E-state index contributed by atoms with van der Waals surface area (Å²) in [6.45, 7) is 6.75. The van der Waals surface area contributed by atoms with Crippen LogP contribution in [0, 0.1) is 5.92 Å². The zero-order chi connectivity index (χ0) is 33.8. The number of nitrogens with one attached hydrogen (secondary N) is 1. The zero-order valence-corrected chi connectivity index (χ0v) is 28.0. The molecule has 48 heavy (non-hydrogen) atoms. The molecular weight excluding hydrogens is 621 g/mol. The van der Waals surface area contributed by atoms with Crippen molar-refractivity contribution in [2.75, 3.05) is 13.1 Å². The van der Waals surface area contributed by atoms with Crippen molar-refractivity contribution in [1.82, 2.24) is 20.2 Å². The van der Waals surface area contributed by atoms with Crippen molar-refractivity contribution in [1.29, 1.82) is 0 Å². The second-order valence-electron chi connectivity index (χ2n) is 13.2. The normalized spacial score (nSPS) is 15.2. The lowest BCUT2D eigenvalue weighted by molar-refractivity contribution is -0.141. The molecule has 8 nitrogen and oxygen atoms in total. The van der Waals surface area contributed by atoms with Crippen molar-refractivity contribution in [2.24, 2.45) is 5.92 Å². The lowest BCUT2D eigenvalue weighted by Gasteiger charge is -2.24. The van der Waals surface area contributed by atoms with Crippen LogP contribution in [0.4, 0.5) is 0 Å². The second-order valence-corrected chi connectivity index (χ2v) is 14.3. The van der Waals surface area contributed by atoms with Crippen LogP contribution in [0.3, 0.4) is 0 Å². The predicted molar refractivity (Wildman–Crippen MR) is 189 cm³/mol. The van der Waals surface area contributed by atoms with Gasteiger partial charge in [0.05, 0.1) is 10.8 Å². The van der Waals surface area contributed by atoms with Crippen molar-refractivity contribution < 1.29 is 19.5 Å². The molecule has 0 aliphatic carbocycles. The van der Waals surface area contributed by atoms with Gasteiger partial charge in [0.15, 0.2) is 5.82 Å². The van der Waals surface area contributed by atoms with E-state index in [1.54, 1.807) is 11.0 Å². The molecule has 2 amide bonds. The van der Waals surface area contributed by atoms with Gasteiger partial charge in [-0.1, -0.05) is 99.6 Å². The third-order valence-electron chi connectivity index (χ3n) is 8.65. The zero-order valence-electron chi connectivity index (χ0n) is 27.2. The fourth-order valence-electron chi connectivity index (χ4n) is 5.81. The first kappa shape index (κ1) is 32.8. The highest BCUT2D eigenvalue weighted by molar-refractivity contribution is 7.14. The molecule has 2 unspecified atom stereocenters. The summed E-state index contributed by atoms with van der Waals surface area (Å²) >= 11 is 1.41. The smallest absolute Gasteiger partial charge is 0.308 e. The average Bonchev–Trinajstić information content (AvgIpc) is 3.81. The summed E-state index contributed by atoms with van der Waals surface area (Å²) in [5.74, 6) is -1.53. The molecule has 244 valence electrons. The number of hydrogen-bond donors (Lipinski definition) is 2. The summed E-state index contributed by atoms with van der Waals surface area (Å²) < 4.78 is 0. The lowest BCUT2D eigenvalue weighted by atomic mass is 9.95. The molecule has 6 rings (SSSR count). The van der Waals surface area contributed by atoms with E-state index < -0.39 is 17.9 Å². The molecule has 3 aromatic carbocycles. The molecule has 5 aromatic rings. The number of thiophene rings is 1. The number of nitrogens with zero attached hydrogens (tertiary/aromatic N) is 3. The summed E-state index contributed by atoms with van der Waals surface area (Å²) in [7, 11) is 0. The minimum absolute atomic E-state index is 0.0975. The minimum Gasteiger partial charge on any atom is -0.481 e. The van der Waals surface area contributed by atoms with Crippen molar-refractivity contribution in [3.63, 3.8) is 0 Å². The van der Waals surface area contributed by atoms with E-state index in [0.29, 0.717) is 23.7 Å². The number of aliphatic carboxylic acids is 1. The molecule has 1 saturated heterocycles. The number of likely N-dealkylation sites (tertiary alicyclic amines) is 1. The Bertz CT molecular complexity index is 1900. The average molecular weight is 659 g/mol. The minimum atomic E-state index is -0.911. The Labute approximate surface area is 284 Å². The van der Waals surface area contributed by atoms with E-state index in [9.17, 15) is 19.5 Å². The summed E-state index contributed by atoms with van der Waals surface area (Å²) in [5, 5.41) is 12.4. The van der Waals surface area contributed by atoms with Gasteiger partial charge in [0, 0.05) is 47.9 Å². The Morgan fingerprint density at radius 2 is 1.44 bits per heavy atom. The molecule has 2 N–H and O–H groups in total. The highest BCUT2D eigenvalue weighted by Crippen LogP contribution is 2.30. The van der Waals surface area contributed by atoms with Crippen LogP contribution in [0.1, 0.15) is 47.3 Å². The van der Waals surface area contributed by atoms with Crippen LogP contribution < -0.4 is 5.32 Å². The van der Waals surface area contributed by atoms with Crippen LogP contribution in [0.25, 0.3) is 33.6 Å². The van der Waals surface area contributed by atoms with Crippen LogP contribution in [0.2, 0.25) is 0 Å². The lowest BCUT2D eigenvalue weighted by Crippen LogP contribution is -2.49. The maximum atomic E-state index is 13.7. The Hall–Kier alpha value is -5.15. The number of rotatable bonds is 9. The Kier molecular flexibility index (Phi) is 9.50. The summed E-state index contributed by atoms with van der Waals surface area (Å²) in [4.78, 5) is 51.0. The first-order chi connectivity index (χ1) is 23.0. The topological polar surface area (TPSA) is 112 Å². The van der Waals surface area contributed by atoms with E-state index in [4.69, 9.17) is 0 Å². The predicted octanol–water partition coefficient (Wildman–Crippen LogP) is 7.11. The van der Waals surface area contributed by atoms with E-state index in [1.807, 2.05) is 60.9 Å². The number of amides is 2. The number of benzene rings is 3. The summed E-state index contributed by atoms with van der Waals surface area (Å²) in [6.07, 6.45) is 4.28. The van der Waals surface area contributed by atoms with E-state index in [0.717, 1.165) is 38.3 Å². The monoisotopic (exact) mass is 658 g/mol. The van der Waals surface area contributed by atoms with Gasteiger partial charge in [-0.2, -0.15) is 0 Å². The van der Waals surface area contributed by atoms with Gasteiger partial charge in [0.1, 0.15) is 6.04 Å². The fraction of sp³-hybridized carbons (Fsp3) is 0.256. The summed E-state index contributed by atoms with van der Waals surface area (Å²) in [5.41, 5.74) is 5.83. The van der Waals surface area contributed by atoms with E-state index >= 15 is 0 Å². The second kappa shape index (κ2) is 13.9. The van der Waals surface area contributed by atoms with Crippen molar-refractivity contribution >= 4 is 29.1 Å². The van der Waals surface area contributed by atoms with Gasteiger partial charge in [-0.25, -0.2) is 9.97 Å². The van der Waals surface area contributed by atoms with Crippen molar-refractivity contribution in [3.05, 3.63) is 119 Å². The number of carboxylic acids is 1. The van der Waals surface area contributed by atoms with Gasteiger partial charge in [0.2, 0.25) is 5.91 Å². The molecule has 0 spiro atoms. The highest BCUT2D eigenvalue weighted by Gasteiger charge is 2.35. The quantitative estimate of drug-likeness (QED) is 0.175. The molecule has 0 saturated carbocycles. The van der Waals surface area contributed by atoms with E-state index in [2.05, 4.69) is 72.5 Å². The number of hydrogen-bond acceptors (Lipinski definition) is 6. The van der Waals surface area contributed by atoms with Crippen LogP contribution in [-0.4, -0.2) is 56.9 Å². The van der Waals surface area contributed by atoms with Gasteiger partial charge < -0.3 is 15.3 Å². The van der Waals surface area contributed by atoms with Crippen molar-refractivity contribution in [3.8, 4) is 33.6 Å². The largest absolute Gasteiger partial charge is 0.481 e. The van der Waals surface area contributed by atoms with Gasteiger partial charge in [-0.05, 0) is 46.2 Å². The Morgan fingerprint density at radius 1 is 0.833 bits per heavy atom. The van der Waals surface area contributed by atoms with Crippen LogP contribution in [0.5, 0.6) is 0 Å². The maximum Gasteiger partial charge on any atom is 0.308 e. The molecule has 0 radical (unpaired) electrons. The van der Waals surface area contributed by atoms with Gasteiger partial charge in [-0.15, -0.1) is 11.3 Å². The standard InChI is InChI=1S/C39H38N4O4S/c1-39(2,3)34-18-17-33(48-34)36(44)42-32(37(45)43-20-19-30(24-43)38(46)47)21-25-9-11-29(12-10-25)35-40-22-31(23-41-35)28-15-13-27(14-16-28)26-7-5-4-6-8-26/h4-18,22-23,30,32H,19-21,24H2,1-3H3,(H,42,44)(H,46,47). The van der Waals surface area contributed by atoms with Crippen LogP contribution >= 0.6 is 11.3 Å². The molecule has 1 fully saturated rings. The first-order valence-electron chi connectivity index (χ1n) is 16.0. The van der Waals surface area contributed by atoms with Gasteiger partial charge in [-0.3, -0.25) is 14.4 Å². The molecule has 1 aliphatic heterocycles. The Balaban J connectivity index is 1.16. The van der Waals surface area contributed by atoms with Gasteiger partial charge >= 0.3 is 5.97 Å². The van der Waals surface area contributed by atoms with Crippen molar-refractivity contribution in [2.45, 2.75) is 45.1 Å². The molecule has 0 bridgehead atoms. The first-order valence-corrected chi connectivity index (χ1v) is 16.9. The van der Waals surface area contributed by atoms with Crippen LogP contribution in [0.15, 0.2) is 103 Å². The number of carbonyl (C=O) groups is 3. The molecule has 2 atom stereocenters. The molecular formula is C39H38N4O4S. The van der Waals surface area contributed by atoms with E-state index in [-0.39, 0.29) is 30.2 Å². The molecule has 3 heterocycles. The highest BCUT2D eigenvalue weighted by atomic mass is 32.1. The number of carboxylic acid groups (broad SMARTS) is 1. The number of aromatic nitrogens is 2. The molecule has 1 aliphatic rings. The fourth-order valence-corrected chi connectivity index (χ4v) is 6.78. The van der Waals surface area contributed by atoms with Gasteiger partial charge in [0.25, 0.3) is 5.91 Å². The molecule has 2 aromatic heterocycles. The summed E-state index contributed by atoms with van der Waals surface area (Å²) in [6, 6.07) is 29.1. The third-order valence-corrected chi connectivity index (χ3v) is 10.2. The van der Waals surface area contributed by atoms with Crippen LogP contribution in [-0.2, 0) is 21.4 Å². The third kappa shape index (κ3) is 7.52. The maximum absolute atomic E-state index is 13.7. The number of carbonyl (C=O) groups excluding carboxylic acids is 2. The van der Waals surface area contributed by atoms with E-state index in [1.165, 1.54) is 11.3 Å². The molecule has 9 heteroatoms. The Morgan fingerprint density at radius 3 is 2.02 bits per heavy atom. The SMILES string of the molecule is CC(C)(C)c1ccc(C(=O)NC(Cc2ccc(-c3ncc(-c4ccc(-c5ccccc5)cc4)cn3)cc2)C(=O)N2CCC(C(=O)O)C2)s1.